The van der Waals surface area contributed by atoms with Crippen molar-refractivity contribution in [3.8, 4) is 0 Å². The summed E-state index contributed by atoms with van der Waals surface area (Å²) in [5.74, 6) is 0. The molecule has 1 heterocycles. The van der Waals surface area contributed by atoms with Crippen LogP contribution in [0.5, 0.6) is 0 Å². The summed E-state index contributed by atoms with van der Waals surface area (Å²) in [4.78, 5) is 0. The highest BCUT2D eigenvalue weighted by Gasteiger charge is 2.33. The lowest BCUT2D eigenvalue weighted by atomic mass is 9.87. The second-order valence-corrected chi connectivity index (χ2v) is 3.13. The molecule has 0 aromatic carbocycles. The molecule has 1 N–H and O–H groups in total. The van der Waals surface area contributed by atoms with Crippen LogP contribution in [0.1, 0.15) is 26.7 Å². The molecule has 54 valence electrons. The largest absolute Gasteiger partial charge is 0.368 e. The molecular formula is C7H14O2. The molecule has 0 radical (unpaired) electrons. The average molecular weight is 130 g/mol. The monoisotopic (exact) mass is 130 g/mol. The van der Waals surface area contributed by atoms with Gasteiger partial charge in [0.25, 0.3) is 0 Å². The summed E-state index contributed by atoms with van der Waals surface area (Å²) >= 11 is 0. The zero-order valence-corrected chi connectivity index (χ0v) is 6.05. The molecule has 1 aliphatic rings. The van der Waals surface area contributed by atoms with Crippen LogP contribution in [0.2, 0.25) is 0 Å². The summed E-state index contributed by atoms with van der Waals surface area (Å²) in [5.41, 5.74) is 0.236. The number of ether oxygens (including phenoxy) is 1. The van der Waals surface area contributed by atoms with Crippen molar-refractivity contribution in [2.24, 2.45) is 5.41 Å². The van der Waals surface area contributed by atoms with E-state index in [1.165, 1.54) is 0 Å². The smallest absolute Gasteiger partial charge is 0.155 e. The Morgan fingerprint density at radius 2 is 2.44 bits per heavy atom. The van der Waals surface area contributed by atoms with E-state index in [0.717, 1.165) is 12.8 Å². The van der Waals surface area contributed by atoms with Gasteiger partial charge in [0.2, 0.25) is 0 Å². The fraction of sp³-hybridized carbons (Fsp3) is 1.00. The van der Waals surface area contributed by atoms with E-state index < -0.39 is 6.29 Å². The van der Waals surface area contributed by atoms with Crippen LogP contribution in [0.3, 0.4) is 0 Å². The molecule has 2 unspecified atom stereocenters. The topological polar surface area (TPSA) is 29.5 Å². The van der Waals surface area contributed by atoms with E-state index in [0.29, 0.717) is 6.61 Å². The highest BCUT2D eigenvalue weighted by Crippen LogP contribution is 2.33. The van der Waals surface area contributed by atoms with E-state index in [2.05, 4.69) is 13.8 Å². The SMILES string of the molecule is CCC1(C)COC(O)C1. The Balaban J connectivity index is 2.45. The molecule has 1 saturated heterocycles. The normalized spacial score (nSPS) is 43.7. The Bertz CT molecular complexity index is 103. The van der Waals surface area contributed by atoms with Crippen molar-refractivity contribution in [3.05, 3.63) is 0 Å². The second kappa shape index (κ2) is 2.27. The zero-order chi connectivity index (χ0) is 6.91. The maximum Gasteiger partial charge on any atom is 0.155 e. The predicted molar refractivity (Wildman–Crippen MR) is 35.0 cm³/mol. The number of hydrogen-bond donors (Lipinski definition) is 1. The second-order valence-electron chi connectivity index (χ2n) is 3.13. The Kier molecular flexibility index (Phi) is 1.78. The van der Waals surface area contributed by atoms with Gasteiger partial charge in [-0.1, -0.05) is 13.8 Å². The first kappa shape index (κ1) is 7.03. The van der Waals surface area contributed by atoms with Crippen LogP contribution in [0.4, 0.5) is 0 Å². The highest BCUT2D eigenvalue weighted by atomic mass is 16.6. The molecule has 1 rings (SSSR count). The standard InChI is InChI=1S/C7H14O2/c1-3-7(2)4-6(8)9-5-7/h6,8H,3-5H2,1-2H3. The molecule has 0 aromatic heterocycles. The minimum absolute atomic E-state index is 0.236. The first-order chi connectivity index (χ1) is 4.16. The molecule has 0 amide bonds. The van der Waals surface area contributed by atoms with E-state index in [4.69, 9.17) is 9.84 Å². The van der Waals surface area contributed by atoms with Gasteiger partial charge in [-0.25, -0.2) is 0 Å². The van der Waals surface area contributed by atoms with Crippen molar-refractivity contribution in [3.63, 3.8) is 0 Å². The summed E-state index contributed by atoms with van der Waals surface area (Å²) in [6, 6.07) is 0. The van der Waals surface area contributed by atoms with Gasteiger partial charge >= 0.3 is 0 Å². The van der Waals surface area contributed by atoms with E-state index in [9.17, 15) is 0 Å². The fourth-order valence-electron chi connectivity index (χ4n) is 1.08. The summed E-state index contributed by atoms with van der Waals surface area (Å²) in [7, 11) is 0. The maximum atomic E-state index is 8.97. The van der Waals surface area contributed by atoms with Crippen LogP contribution < -0.4 is 0 Å². The zero-order valence-electron chi connectivity index (χ0n) is 6.05. The lowest BCUT2D eigenvalue weighted by molar-refractivity contribution is -0.0595. The molecule has 0 aromatic rings. The first-order valence-electron chi connectivity index (χ1n) is 3.46. The van der Waals surface area contributed by atoms with Gasteiger partial charge in [-0.05, 0) is 11.8 Å². The van der Waals surface area contributed by atoms with Gasteiger partial charge in [0.15, 0.2) is 6.29 Å². The van der Waals surface area contributed by atoms with E-state index in [-0.39, 0.29) is 5.41 Å². The molecule has 2 atom stereocenters. The van der Waals surface area contributed by atoms with Gasteiger partial charge in [-0.3, -0.25) is 0 Å². The molecule has 1 fully saturated rings. The van der Waals surface area contributed by atoms with Crippen molar-refractivity contribution in [2.45, 2.75) is 33.0 Å². The third-order valence-corrected chi connectivity index (χ3v) is 2.15. The minimum Gasteiger partial charge on any atom is -0.368 e. The summed E-state index contributed by atoms with van der Waals surface area (Å²) in [5, 5.41) is 8.97. The van der Waals surface area contributed by atoms with Crippen LogP contribution in [-0.4, -0.2) is 18.0 Å². The van der Waals surface area contributed by atoms with E-state index >= 15 is 0 Å². The lowest BCUT2D eigenvalue weighted by Gasteiger charge is -2.17. The third-order valence-electron chi connectivity index (χ3n) is 2.15. The fourth-order valence-corrected chi connectivity index (χ4v) is 1.08. The van der Waals surface area contributed by atoms with Crippen LogP contribution in [0.15, 0.2) is 0 Å². The van der Waals surface area contributed by atoms with Gasteiger partial charge in [0, 0.05) is 6.42 Å². The van der Waals surface area contributed by atoms with Crippen LogP contribution >= 0.6 is 0 Å². The highest BCUT2D eigenvalue weighted by molar-refractivity contribution is 4.78. The summed E-state index contributed by atoms with van der Waals surface area (Å²) in [6.45, 7) is 4.98. The Morgan fingerprint density at radius 3 is 2.67 bits per heavy atom. The van der Waals surface area contributed by atoms with Crippen LogP contribution in [0.25, 0.3) is 0 Å². The third kappa shape index (κ3) is 1.43. The molecule has 0 aliphatic carbocycles. The number of hydrogen-bond acceptors (Lipinski definition) is 2. The average Bonchev–Trinajstić information content (AvgIpc) is 2.13. The molecular weight excluding hydrogens is 116 g/mol. The number of aliphatic hydroxyl groups excluding tert-OH is 1. The van der Waals surface area contributed by atoms with Crippen molar-refractivity contribution in [1.29, 1.82) is 0 Å². The van der Waals surface area contributed by atoms with Gasteiger partial charge in [0.05, 0.1) is 6.61 Å². The Morgan fingerprint density at radius 1 is 1.78 bits per heavy atom. The number of aliphatic hydroxyl groups is 1. The molecule has 1 aliphatic heterocycles. The summed E-state index contributed by atoms with van der Waals surface area (Å²) < 4.78 is 5.01. The van der Waals surface area contributed by atoms with Crippen LogP contribution in [0, 0.1) is 5.41 Å². The quantitative estimate of drug-likeness (QED) is 0.576. The van der Waals surface area contributed by atoms with Crippen molar-refractivity contribution >= 4 is 0 Å². The molecule has 2 nitrogen and oxygen atoms in total. The minimum atomic E-state index is -0.505. The number of rotatable bonds is 1. The van der Waals surface area contributed by atoms with E-state index in [1.807, 2.05) is 0 Å². The maximum absolute atomic E-state index is 8.97. The van der Waals surface area contributed by atoms with Gasteiger partial charge in [-0.2, -0.15) is 0 Å². The van der Waals surface area contributed by atoms with Gasteiger partial charge in [0.1, 0.15) is 0 Å². The van der Waals surface area contributed by atoms with Gasteiger partial charge in [-0.15, -0.1) is 0 Å². The van der Waals surface area contributed by atoms with Crippen LogP contribution in [-0.2, 0) is 4.74 Å². The van der Waals surface area contributed by atoms with Crippen molar-refractivity contribution in [1.82, 2.24) is 0 Å². The van der Waals surface area contributed by atoms with Crippen molar-refractivity contribution < 1.29 is 9.84 Å². The summed E-state index contributed by atoms with van der Waals surface area (Å²) in [6.07, 6.45) is 1.38. The molecule has 0 saturated carbocycles. The molecule has 0 bridgehead atoms. The molecule has 2 heteroatoms. The predicted octanol–water partition coefficient (Wildman–Crippen LogP) is 1.14. The van der Waals surface area contributed by atoms with Gasteiger partial charge < -0.3 is 9.84 Å². The molecule has 0 spiro atoms. The van der Waals surface area contributed by atoms with Crippen molar-refractivity contribution in [2.75, 3.05) is 6.61 Å². The first-order valence-corrected chi connectivity index (χ1v) is 3.46. The Hall–Kier alpha value is -0.0800. The lowest BCUT2D eigenvalue weighted by Crippen LogP contribution is -2.14. The molecule has 9 heavy (non-hydrogen) atoms. The Labute approximate surface area is 55.8 Å². The van der Waals surface area contributed by atoms with E-state index in [1.54, 1.807) is 0 Å².